The second-order valence-electron chi connectivity index (χ2n) is 5.41. The number of carbonyl (C=O) groups excluding carboxylic acids is 2. The van der Waals surface area contributed by atoms with Gasteiger partial charge in [0.05, 0.1) is 0 Å². The minimum absolute atomic E-state index is 0.132. The maximum Gasteiger partial charge on any atom is 0.407 e. The average Bonchev–Trinajstić information content (AvgIpc) is 2.08. The quantitative estimate of drug-likeness (QED) is 0.736. The molecule has 1 atom stereocenters. The van der Waals surface area contributed by atoms with E-state index in [4.69, 9.17) is 4.74 Å². The van der Waals surface area contributed by atoms with Crippen LogP contribution in [0.15, 0.2) is 0 Å². The molecule has 1 unspecified atom stereocenters. The first-order valence-electron chi connectivity index (χ1n) is 5.66. The summed E-state index contributed by atoms with van der Waals surface area (Å²) in [5, 5.41) is 2.60. The van der Waals surface area contributed by atoms with E-state index >= 15 is 0 Å². The van der Waals surface area contributed by atoms with E-state index in [1.165, 1.54) is 0 Å². The average molecular weight is 229 g/mol. The van der Waals surface area contributed by atoms with Crippen molar-refractivity contribution in [1.82, 2.24) is 5.32 Å². The number of nitrogens with one attached hydrogen (secondary N) is 1. The third kappa shape index (κ3) is 8.26. The molecule has 0 radical (unpaired) electrons. The Morgan fingerprint density at radius 2 is 1.94 bits per heavy atom. The summed E-state index contributed by atoms with van der Waals surface area (Å²) in [6, 6.07) is 0. The Kier molecular flexibility index (Phi) is 6.08. The molecule has 0 fully saturated rings. The fourth-order valence-corrected chi connectivity index (χ4v) is 1.32. The van der Waals surface area contributed by atoms with Crippen molar-refractivity contribution in [3.05, 3.63) is 0 Å². The summed E-state index contributed by atoms with van der Waals surface area (Å²) in [5.41, 5.74) is -0.501. The van der Waals surface area contributed by atoms with Crippen LogP contribution in [0.3, 0.4) is 0 Å². The van der Waals surface area contributed by atoms with Gasteiger partial charge in [-0.15, -0.1) is 0 Å². The van der Waals surface area contributed by atoms with Gasteiger partial charge in [0.2, 0.25) is 0 Å². The summed E-state index contributed by atoms with van der Waals surface area (Å²) in [7, 11) is 0. The summed E-state index contributed by atoms with van der Waals surface area (Å²) in [6.07, 6.45) is 1.19. The molecule has 1 N–H and O–H groups in total. The van der Waals surface area contributed by atoms with Crippen molar-refractivity contribution in [3.8, 4) is 0 Å². The molecule has 0 aromatic heterocycles. The number of rotatable bonds is 5. The maximum atomic E-state index is 11.3. The van der Waals surface area contributed by atoms with E-state index < -0.39 is 11.7 Å². The summed E-state index contributed by atoms with van der Waals surface area (Å²) in [5.74, 6) is 0.308. The van der Waals surface area contributed by atoms with Gasteiger partial charge in [0.25, 0.3) is 0 Å². The fraction of sp³-hybridized carbons (Fsp3) is 0.833. The molecular weight excluding hydrogens is 206 g/mol. The van der Waals surface area contributed by atoms with E-state index in [1.807, 2.05) is 13.8 Å². The molecule has 0 aliphatic rings. The van der Waals surface area contributed by atoms with Crippen LogP contribution in [-0.4, -0.2) is 24.5 Å². The van der Waals surface area contributed by atoms with E-state index in [-0.39, 0.29) is 5.92 Å². The Hall–Kier alpha value is -1.06. The Morgan fingerprint density at radius 3 is 2.31 bits per heavy atom. The molecule has 0 saturated heterocycles. The van der Waals surface area contributed by atoms with E-state index in [0.717, 1.165) is 12.7 Å². The molecule has 4 nitrogen and oxygen atoms in total. The van der Waals surface area contributed by atoms with E-state index in [0.29, 0.717) is 12.5 Å². The number of aldehydes is 1. The molecule has 0 aliphatic heterocycles. The third-order valence-electron chi connectivity index (χ3n) is 1.87. The summed E-state index contributed by atoms with van der Waals surface area (Å²) >= 11 is 0. The molecule has 4 heteroatoms. The standard InChI is InChI=1S/C12H23NO3/c1-9(2)6-10(8-14)7-13-11(15)16-12(3,4)5/h8-10H,6-7H2,1-5H3,(H,13,15). The molecule has 1 amide bonds. The zero-order valence-corrected chi connectivity index (χ0v) is 10.9. The second-order valence-corrected chi connectivity index (χ2v) is 5.41. The van der Waals surface area contributed by atoms with Gasteiger partial charge in [0.1, 0.15) is 11.9 Å². The maximum absolute atomic E-state index is 11.3. The molecule has 0 bridgehead atoms. The minimum atomic E-state index is -0.501. The Morgan fingerprint density at radius 1 is 1.38 bits per heavy atom. The van der Waals surface area contributed by atoms with Crippen molar-refractivity contribution in [2.45, 2.75) is 46.6 Å². The van der Waals surface area contributed by atoms with Gasteiger partial charge in [0, 0.05) is 12.5 Å². The van der Waals surface area contributed by atoms with Gasteiger partial charge in [-0.25, -0.2) is 4.79 Å². The van der Waals surface area contributed by atoms with Gasteiger partial charge in [-0.3, -0.25) is 0 Å². The smallest absolute Gasteiger partial charge is 0.407 e. The lowest BCUT2D eigenvalue weighted by Crippen LogP contribution is -2.35. The molecule has 0 rings (SSSR count). The SMILES string of the molecule is CC(C)CC(C=O)CNC(=O)OC(C)(C)C. The van der Waals surface area contributed by atoms with Gasteiger partial charge in [-0.05, 0) is 33.1 Å². The molecule has 16 heavy (non-hydrogen) atoms. The van der Waals surface area contributed by atoms with Gasteiger partial charge >= 0.3 is 6.09 Å². The van der Waals surface area contributed by atoms with Gasteiger partial charge in [0.15, 0.2) is 0 Å². The van der Waals surface area contributed by atoms with Crippen LogP contribution in [0.1, 0.15) is 41.0 Å². The Labute approximate surface area is 97.7 Å². The topological polar surface area (TPSA) is 55.4 Å². The summed E-state index contributed by atoms with van der Waals surface area (Å²) < 4.78 is 5.07. The molecule has 94 valence electrons. The number of ether oxygens (including phenoxy) is 1. The molecule has 0 aliphatic carbocycles. The van der Waals surface area contributed by atoms with Crippen molar-refractivity contribution in [3.63, 3.8) is 0 Å². The van der Waals surface area contributed by atoms with Crippen molar-refractivity contribution >= 4 is 12.4 Å². The lowest BCUT2D eigenvalue weighted by atomic mass is 9.98. The van der Waals surface area contributed by atoms with Crippen LogP contribution in [0.2, 0.25) is 0 Å². The monoisotopic (exact) mass is 229 g/mol. The van der Waals surface area contributed by atoms with Gasteiger partial charge < -0.3 is 14.8 Å². The fourth-order valence-electron chi connectivity index (χ4n) is 1.32. The van der Waals surface area contributed by atoms with Crippen LogP contribution in [-0.2, 0) is 9.53 Å². The molecule has 0 heterocycles. The van der Waals surface area contributed by atoms with Crippen molar-refractivity contribution in [2.24, 2.45) is 11.8 Å². The highest BCUT2D eigenvalue weighted by atomic mass is 16.6. The van der Waals surface area contributed by atoms with Gasteiger partial charge in [-0.1, -0.05) is 13.8 Å². The largest absolute Gasteiger partial charge is 0.444 e. The third-order valence-corrected chi connectivity index (χ3v) is 1.87. The normalized spacial score (nSPS) is 13.4. The number of alkyl carbamates (subject to hydrolysis) is 1. The highest BCUT2D eigenvalue weighted by Gasteiger charge is 2.17. The Balaban J connectivity index is 3.93. The predicted molar refractivity (Wildman–Crippen MR) is 63.2 cm³/mol. The van der Waals surface area contributed by atoms with Crippen LogP contribution in [0.25, 0.3) is 0 Å². The van der Waals surface area contributed by atoms with Crippen LogP contribution in [0.5, 0.6) is 0 Å². The van der Waals surface area contributed by atoms with E-state index in [1.54, 1.807) is 20.8 Å². The Bertz CT molecular complexity index is 231. The van der Waals surface area contributed by atoms with Crippen LogP contribution in [0, 0.1) is 11.8 Å². The number of amides is 1. The highest BCUT2D eigenvalue weighted by Crippen LogP contribution is 2.09. The molecule has 0 aromatic carbocycles. The van der Waals surface area contributed by atoms with E-state index in [2.05, 4.69) is 5.32 Å². The second kappa shape index (κ2) is 6.51. The predicted octanol–water partition coefficient (Wildman–Crippen LogP) is 2.37. The first-order valence-corrected chi connectivity index (χ1v) is 5.66. The zero-order chi connectivity index (χ0) is 12.8. The van der Waals surface area contributed by atoms with Crippen LogP contribution < -0.4 is 5.32 Å². The van der Waals surface area contributed by atoms with Gasteiger partial charge in [-0.2, -0.15) is 0 Å². The lowest BCUT2D eigenvalue weighted by molar-refractivity contribution is -0.111. The first kappa shape index (κ1) is 14.9. The molecule has 0 spiro atoms. The number of carbonyl (C=O) groups is 2. The van der Waals surface area contributed by atoms with E-state index in [9.17, 15) is 9.59 Å². The molecule has 0 aromatic rings. The summed E-state index contributed by atoms with van der Waals surface area (Å²) in [4.78, 5) is 22.1. The van der Waals surface area contributed by atoms with Crippen molar-refractivity contribution in [2.75, 3.05) is 6.54 Å². The number of hydrogen-bond donors (Lipinski definition) is 1. The molecule has 0 saturated carbocycles. The summed E-state index contributed by atoms with van der Waals surface area (Å²) in [6.45, 7) is 9.85. The zero-order valence-electron chi connectivity index (χ0n) is 10.9. The lowest BCUT2D eigenvalue weighted by Gasteiger charge is -2.20. The minimum Gasteiger partial charge on any atom is -0.444 e. The number of hydrogen-bond acceptors (Lipinski definition) is 3. The van der Waals surface area contributed by atoms with Crippen LogP contribution in [0.4, 0.5) is 4.79 Å². The first-order chi connectivity index (χ1) is 7.24. The molecular formula is C12H23NO3. The van der Waals surface area contributed by atoms with Crippen LogP contribution >= 0.6 is 0 Å². The highest BCUT2D eigenvalue weighted by molar-refractivity contribution is 5.68. The van der Waals surface area contributed by atoms with Crippen molar-refractivity contribution < 1.29 is 14.3 Å². The van der Waals surface area contributed by atoms with Crippen molar-refractivity contribution in [1.29, 1.82) is 0 Å².